The van der Waals surface area contributed by atoms with Crippen molar-refractivity contribution in [3.8, 4) is 0 Å². The number of thioether (sulfide) groups is 1. The molecule has 0 amide bonds. The smallest absolute Gasteiger partial charge is 0.0251 e. The Kier molecular flexibility index (Phi) is 2.65. The van der Waals surface area contributed by atoms with Crippen LogP contribution in [0.15, 0.2) is 12.2 Å². The number of rotatable bonds is 1. The molecule has 0 radical (unpaired) electrons. The van der Waals surface area contributed by atoms with Crippen molar-refractivity contribution < 1.29 is 0 Å². The summed E-state index contributed by atoms with van der Waals surface area (Å²) >= 11 is 1.95. The van der Waals surface area contributed by atoms with Gasteiger partial charge in [0.15, 0.2) is 0 Å². The van der Waals surface area contributed by atoms with Crippen LogP contribution in [-0.2, 0) is 0 Å². The minimum atomic E-state index is 0.777. The normalized spacial score (nSPS) is 28.6. The molecule has 1 atom stereocenters. The van der Waals surface area contributed by atoms with Crippen LogP contribution in [0.4, 0.5) is 0 Å². The molecule has 1 fully saturated rings. The molecule has 52 valence electrons. The molecule has 0 N–H and O–H groups in total. The van der Waals surface area contributed by atoms with Gasteiger partial charge in [-0.05, 0) is 25.5 Å². The first-order valence-electron chi connectivity index (χ1n) is 3.55. The largest absolute Gasteiger partial charge is 0.158 e. The van der Waals surface area contributed by atoms with Gasteiger partial charge in [-0.2, -0.15) is 11.8 Å². The van der Waals surface area contributed by atoms with Gasteiger partial charge in [0.05, 0.1) is 0 Å². The fourth-order valence-electron chi connectivity index (χ4n) is 1.33. The van der Waals surface area contributed by atoms with Gasteiger partial charge in [0.2, 0.25) is 0 Å². The second-order valence-corrected chi connectivity index (χ2v) is 3.67. The summed E-state index contributed by atoms with van der Waals surface area (Å²) in [7, 11) is 0. The molecule has 0 bridgehead atoms. The fourth-order valence-corrected chi connectivity index (χ4v) is 2.18. The molecule has 1 saturated carbocycles. The summed E-state index contributed by atoms with van der Waals surface area (Å²) in [5.74, 6) is 0. The highest BCUT2D eigenvalue weighted by atomic mass is 32.2. The first kappa shape index (κ1) is 7.20. The Hall–Kier alpha value is 0.0900. The zero-order valence-corrected chi connectivity index (χ0v) is 6.84. The molecule has 1 rings (SSSR count). The zero-order chi connectivity index (χ0) is 6.69. The maximum atomic E-state index is 4.05. The van der Waals surface area contributed by atoms with Gasteiger partial charge in [0.1, 0.15) is 0 Å². The van der Waals surface area contributed by atoms with Gasteiger partial charge < -0.3 is 0 Å². The van der Waals surface area contributed by atoms with Crippen molar-refractivity contribution in [2.45, 2.75) is 30.9 Å². The van der Waals surface area contributed by atoms with Crippen molar-refractivity contribution in [1.82, 2.24) is 0 Å². The molecule has 0 aromatic heterocycles. The molecule has 0 aromatic rings. The molecule has 1 aliphatic rings. The SMILES string of the molecule is C=C1CCCCC1SC. The van der Waals surface area contributed by atoms with Crippen LogP contribution in [0.2, 0.25) is 0 Å². The average Bonchev–Trinajstić information content (AvgIpc) is 1.89. The molecule has 1 aliphatic carbocycles. The van der Waals surface area contributed by atoms with Crippen LogP contribution in [0.3, 0.4) is 0 Å². The van der Waals surface area contributed by atoms with Gasteiger partial charge in [-0.3, -0.25) is 0 Å². The number of hydrogen-bond donors (Lipinski definition) is 0. The van der Waals surface area contributed by atoms with Gasteiger partial charge >= 0.3 is 0 Å². The third-order valence-corrected chi connectivity index (χ3v) is 3.09. The molecular formula is C8H14S. The summed E-state index contributed by atoms with van der Waals surface area (Å²) in [6.45, 7) is 4.05. The van der Waals surface area contributed by atoms with Gasteiger partial charge in [-0.25, -0.2) is 0 Å². The van der Waals surface area contributed by atoms with Crippen LogP contribution in [-0.4, -0.2) is 11.5 Å². The molecule has 0 heterocycles. The lowest BCUT2D eigenvalue weighted by Crippen LogP contribution is -2.10. The molecular weight excluding hydrogens is 128 g/mol. The topological polar surface area (TPSA) is 0 Å². The lowest BCUT2D eigenvalue weighted by atomic mass is 9.96. The van der Waals surface area contributed by atoms with E-state index in [-0.39, 0.29) is 0 Å². The first-order chi connectivity index (χ1) is 4.34. The van der Waals surface area contributed by atoms with E-state index < -0.39 is 0 Å². The molecule has 0 nitrogen and oxygen atoms in total. The van der Waals surface area contributed by atoms with Crippen LogP contribution >= 0.6 is 11.8 Å². The molecule has 0 spiro atoms. The van der Waals surface area contributed by atoms with Crippen LogP contribution in [0.25, 0.3) is 0 Å². The molecule has 0 aliphatic heterocycles. The lowest BCUT2D eigenvalue weighted by Gasteiger charge is -2.21. The van der Waals surface area contributed by atoms with E-state index in [2.05, 4.69) is 12.8 Å². The predicted octanol–water partition coefficient (Wildman–Crippen LogP) is 2.85. The van der Waals surface area contributed by atoms with E-state index in [1.807, 2.05) is 11.8 Å². The Labute approximate surface area is 61.7 Å². The molecule has 0 saturated heterocycles. The summed E-state index contributed by atoms with van der Waals surface area (Å²) in [6.07, 6.45) is 7.59. The third kappa shape index (κ3) is 1.75. The Morgan fingerprint density at radius 3 is 2.78 bits per heavy atom. The highest BCUT2D eigenvalue weighted by Gasteiger charge is 2.14. The summed E-state index contributed by atoms with van der Waals surface area (Å²) in [5.41, 5.74) is 1.47. The Balaban J connectivity index is 2.39. The zero-order valence-electron chi connectivity index (χ0n) is 6.02. The van der Waals surface area contributed by atoms with Crippen LogP contribution < -0.4 is 0 Å². The van der Waals surface area contributed by atoms with E-state index in [4.69, 9.17) is 0 Å². The standard InChI is InChI=1S/C8H14S/c1-7-5-3-4-6-8(7)9-2/h8H,1,3-6H2,2H3. The van der Waals surface area contributed by atoms with E-state index in [0.29, 0.717) is 0 Å². The molecule has 1 heteroatoms. The van der Waals surface area contributed by atoms with Crippen molar-refractivity contribution in [2.24, 2.45) is 0 Å². The predicted molar refractivity (Wildman–Crippen MR) is 44.9 cm³/mol. The van der Waals surface area contributed by atoms with Gasteiger partial charge in [0, 0.05) is 5.25 Å². The highest BCUT2D eigenvalue weighted by Crippen LogP contribution is 2.29. The van der Waals surface area contributed by atoms with Gasteiger partial charge in [-0.15, -0.1) is 0 Å². The lowest BCUT2D eigenvalue weighted by molar-refractivity contribution is 0.611. The van der Waals surface area contributed by atoms with Crippen molar-refractivity contribution >= 4 is 11.8 Å². The van der Waals surface area contributed by atoms with Crippen molar-refractivity contribution in [2.75, 3.05) is 6.26 Å². The van der Waals surface area contributed by atoms with Crippen LogP contribution in [0.5, 0.6) is 0 Å². The van der Waals surface area contributed by atoms with Crippen molar-refractivity contribution in [1.29, 1.82) is 0 Å². The maximum absolute atomic E-state index is 4.05. The highest BCUT2D eigenvalue weighted by molar-refractivity contribution is 7.99. The van der Waals surface area contributed by atoms with E-state index >= 15 is 0 Å². The van der Waals surface area contributed by atoms with E-state index in [9.17, 15) is 0 Å². The van der Waals surface area contributed by atoms with Crippen molar-refractivity contribution in [3.05, 3.63) is 12.2 Å². The van der Waals surface area contributed by atoms with Crippen LogP contribution in [0, 0.1) is 0 Å². The summed E-state index contributed by atoms with van der Waals surface area (Å²) in [6, 6.07) is 0. The third-order valence-electron chi connectivity index (χ3n) is 1.95. The maximum Gasteiger partial charge on any atom is 0.0251 e. The van der Waals surface area contributed by atoms with Gasteiger partial charge in [-0.1, -0.05) is 18.6 Å². The van der Waals surface area contributed by atoms with E-state index in [1.54, 1.807) is 0 Å². The van der Waals surface area contributed by atoms with E-state index in [0.717, 1.165) is 5.25 Å². The minimum Gasteiger partial charge on any atom is -0.158 e. The Morgan fingerprint density at radius 2 is 2.33 bits per heavy atom. The summed E-state index contributed by atoms with van der Waals surface area (Å²) < 4.78 is 0. The second-order valence-electron chi connectivity index (χ2n) is 2.63. The minimum absolute atomic E-state index is 0.777. The quantitative estimate of drug-likeness (QED) is 0.507. The van der Waals surface area contributed by atoms with Gasteiger partial charge in [0.25, 0.3) is 0 Å². The monoisotopic (exact) mass is 142 g/mol. The molecule has 9 heavy (non-hydrogen) atoms. The first-order valence-corrected chi connectivity index (χ1v) is 4.84. The molecule has 1 unspecified atom stereocenters. The second kappa shape index (κ2) is 3.31. The van der Waals surface area contributed by atoms with Crippen LogP contribution in [0.1, 0.15) is 25.7 Å². The summed E-state index contributed by atoms with van der Waals surface area (Å²) in [4.78, 5) is 0. The fraction of sp³-hybridized carbons (Fsp3) is 0.750. The van der Waals surface area contributed by atoms with E-state index in [1.165, 1.54) is 31.3 Å². The number of hydrogen-bond acceptors (Lipinski definition) is 1. The Morgan fingerprint density at radius 1 is 1.56 bits per heavy atom. The molecule has 0 aromatic carbocycles. The summed E-state index contributed by atoms with van der Waals surface area (Å²) in [5, 5.41) is 0.777. The Bertz CT molecular complexity index is 107. The average molecular weight is 142 g/mol. The van der Waals surface area contributed by atoms with Crippen molar-refractivity contribution in [3.63, 3.8) is 0 Å².